The van der Waals surface area contributed by atoms with Gasteiger partial charge in [0.2, 0.25) is 0 Å². The predicted octanol–water partition coefficient (Wildman–Crippen LogP) is 6.80. The molecular formula is C26H32O6P2. The molecular weight excluding hydrogens is 470 g/mol. The number of rotatable bonds is 6. The van der Waals surface area contributed by atoms with E-state index in [1.165, 1.54) is 11.1 Å². The molecule has 3 aromatic rings. The third-order valence-electron chi connectivity index (χ3n) is 5.51. The Balaban J connectivity index is 2.23. The van der Waals surface area contributed by atoms with Crippen LogP contribution >= 0.6 is 17.2 Å². The van der Waals surface area contributed by atoms with Crippen molar-refractivity contribution < 1.29 is 28.6 Å². The number of hydrogen-bond acceptors (Lipinski definition) is 6. The van der Waals surface area contributed by atoms with E-state index in [1.807, 2.05) is 24.3 Å². The van der Waals surface area contributed by atoms with Crippen molar-refractivity contribution >= 4 is 17.2 Å². The van der Waals surface area contributed by atoms with Crippen molar-refractivity contribution in [3.63, 3.8) is 0 Å². The van der Waals surface area contributed by atoms with Crippen molar-refractivity contribution in [3.8, 4) is 33.8 Å². The summed E-state index contributed by atoms with van der Waals surface area (Å²) in [5.74, 6) is 0.721. The fraction of sp³-hybridized carbons (Fsp3) is 0.308. The van der Waals surface area contributed by atoms with Gasteiger partial charge in [0, 0.05) is 0 Å². The van der Waals surface area contributed by atoms with Crippen LogP contribution in [0.5, 0.6) is 11.5 Å². The van der Waals surface area contributed by atoms with Gasteiger partial charge in [0.15, 0.2) is 0 Å². The van der Waals surface area contributed by atoms with Crippen molar-refractivity contribution in [1.29, 1.82) is 0 Å². The molecule has 0 aliphatic carbocycles. The Morgan fingerprint density at radius 1 is 0.559 bits per heavy atom. The summed E-state index contributed by atoms with van der Waals surface area (Å²) in [5, 5.41) is 0. The van der Waals surface area contributed by atoms with Gasteiger partial charge in [0.05, 0.1) is 0 Å². The van der Waals surface area contributed by atoms with Gasteiger partial charge in [0.25, 0.3) is 0 Å². The Bertz CT molecular complexity index is 1130. The molecule has 34 heavy (non-hydrogen) atoms. The minimum absolute atomic E-state index is 0.00935. The van der Waals surface area contributed by atoms with E-state index < -0.39 is 17.2 Å². The topological polar surface area (TPSA) is 99.4 Å². The van der Waals surface area contributed by atoms with Crippen LogP contribution in [-0.4, -0.2) is 19.6 Å². The average Bonchev–Trinajstić information content (AvgIpc) is 2.72. The molecule has 0 unspecified atom stereocenters. The molecule has 182 valence electrons. The molecule has 6 nitrogen and oxygen atoms in total. The van der Waals surface area contributed by atoms with Crippen LogP contribution in [0.4, 0.5) is 0 Å². The minimum atomic E-state index is -2.55. The van der Waals surface area contributed by atoms with E-state index in [2.05, 4.69) is 59.7 Å². The standard InChI is InChI=1S/C26H32O6P2/c1-25(2,3)18-9-13-22(24(15-18)26(4,5)6)23-16-20(32-34(29)30)12-14-21(23)17-7-10-19(11-8-17)31-33(27)28/h7-16,27-30H,1-6H3. The van der Waals surface area contributed by atoms with Gasteiger partial charge >= 0.3 is 17.2 Å². The van der Waals surface area contributed by atoms with Crippen LogP contribution in [0.15, 0.2) is 60.7 Å². The maximum atomic E-state index is 9.41. The Hall–Kier alpha value is -2.04. The molecule has 4 N–H and O–H groups in total. The van der Waals surface area contributed by atoms with E-state index in [1.54, 1.807) is 18.2 Å². The Kier molecular flexibility index (Phi) is 8.04. The first-order chi connectivity index (χ1) is 15.8. The van der Waals surface area contributed by atoms with Crippen molar-refractivity contribution in [1.82, 2.24) is 0 Å². The molecule has 0 aliphatic rings. The third-order valence-corrected chi connectivity index (χ3v) is 6.26. The zero-order valence-electron chi connectivity index (χ0n) is 20.3. The van der Waals surface area contributed by atoms with E-state index in [-0.39, 0.29) is 10.8 Å². The SMILES string of the molecule is CC(C)(C)c1ccc(-c2cc(OP(O)O)ccc2-c2ccc(OP(O)O)cc2)c(C(C)(C)C)c1. The van der Waals surface area contributed by atoms with E-state index >= 15 is 0 Å². The lowest BCUT2D eigenvalue weighted by Gasteiger charge is -2.28. The highest BCUT2D eigenvalue weighted by atomic mass is 31.2. The predicted molar refractivity (Wildman–Crippen MR) is 139 cm³/mol. The summed E-state index contributed by atoms with van der Waals surface area (Å²) >= 11 is 0. The lowest BCUT2D eigenvalue weighted by atomic mass is 9.76. The van der Waals surface area contributed by atoms with Crippen LogP contribution < -0.4 is 9.05 Å². The lowest BCUT2D eigenvalue weighted by Crippen LogP contribution is -2.17. The quantitative estimate of drug-likeness (QED) is 0.277. The average molecular weight is 502 g/mol. The van der Waals surface area contributed by atoms with Gasteiger partial charge < -0.3 is 28.6 Å². The number of hydrogen-bond donors (Lipinski definition) is 4. The molecule has 0 spiro atoms. The second kappa shape index (κ2) is 10.3. The molecule has 0 aliphatic heterocycles. The van der Waals surface area contributed by atoms with Gasteiger partial charge in [0.1, 0.15) is 11.5 Å². The van der Waals surface area contributed by atoms with Gasteiger partial charge in [-0.3, -0.25) is 0 Å². The van der Waals surface area contributed by atoms with Crippen molar-refractivity contribution in [2.75, 3.05) is 0 Å². The van der Waals surface area contributed by atoms with Gasteiger partial charge in [-0.15, -0.1) is 0 Å². The van der Waals surface area contributed by atoms with Gasteiger partial charge in [-0.2, -0.15) is 0 Å². The Morgan fingerprint density at radius 2 is 1.09 bits per heavy atom. The van der Waals surface area contributed by atoms with Crippen LogP contribution in [0.1, 0.15) is 52.7 Å². The molecule has 0 bridgehead atoms. The maximum Gasteiger partial charge on any atom is 0.391 e. The van der Waals surface area contributed by atoms with Crippen LogP contribution in [0.25, 0.3) is 22.3 Å². The van der Waals surface area contributed by atoms with Crippen molar-refractivity contribution in [3.05, 3.63) is 71.8 Å². The highest BCUT2D eigenvalue weighted by molar-refractivity contribution is 7.40. The summed E-state index contributed by atoms with van der Waals surface area (Å²) in [7, 11) is -5.04. The van der Waals surface area contributed by atoms with Crippen molar-refractivity contribution in [2.45, 2.75) is 52.4 Å². The van der Waals surface area contributed by atoms with Crippen LogP contribution in [-0.2, 0) is 10.8 Å². The van der Waals surface area contributed by atoms with E-state index in [0.717, 1.165) is 22.3 Å². The van der Waals surface area contributed by atoms with Gasteiger partial charge in [-0.05, 0) is 68.5 Å². The Labute approximate surface area is 203 Å². The molecule has 0 amide bonds. The summed E-state index contributed by atoms with van der Waals surface area (Å²) in [5.41, 5.74) is 5.96. The second-order valence-electron chi connectivity index (χ2n) is 10.2. The first-order valence-corrected chi connectivity index (χ1v) is 13.2. The van der Waals surface area contributed by atoms with Gasteiger partial charge in [-0.1, -0.05) is 77.9 Å². The minimum Gasteiger partial charge on any atom is -0.427 e. The summed E-state index contributed by atoms with van der Waals surface area (Å²) in [6, 6.07) is 19.0. The summed E-state index contributed by atoms with van der Waals surface area (Å²) < 4.78 is 10.2. The summed E-state index contributed by atoms with van der Waals surface area (Å²) in [6.07, 6.45) is 0. The fourth-order valence-corrected chi connectivity index (χ4v) is 4.42. The first-order valence-electron chi connectivity index (χ1n) is 10.9. The summed E-state index contributed by atoms with van der Waals surface area (Å²) in [6.45, 7) is 13.1. The smallest absolute Gasteiger partial charge is 0.391 e. The summed E-state index contributed by atoms with van der Waals surface area (Å²) in [4.78, 5) is 37.1. The van der Waals surface area contributed by atoms with E-state index in [4.69, 9.17) is 18.8 Å². The van der Waals surface area contributed by atoms with Crippen molar-refractivity contribution in [2.24, 2.45) is 0 Å². The highest BCUT2D eigenvalue weighted by Gasteiger charge is 2.24. The van der Waals surface area contributed by atoms with Gasteiger partial charge in [-0.25, -0.2) is 0 Å². The van der Waals surface area contributed by atoms with E-state index in [0.29, 0.717) is 11.5 Å². The molecule has 8 heteroatoms. The number of benzene rings is 3. The second-order valence-corrected chi connectivity index (χ2v) is 11.6. The first kappa shape index (κ1) is 26.6. The molecule has 0 atom stereocenters. The van der Waals surface area contributed by atoms with Crippen LogP contribution in [0.3, 0.4) is 0 Å². The molecule has 0 fully saturated rings. The fourth-order valence-electron chi connectivity index (χ4n) is 3.80. The molecule has 0 aromatic heterocycles. The molecule has 0 radical (unpaired) electrons. The molecule has 3 rings (SSSR count). The largest absolute Gasteiger partial charge is 0.427 e. The molecule has 0 heterocycles. The zero-order chi connectivity index (χ0) is 25.3. The van der Waals surface area contributed by atoms with E-state index in [9.17, 15) is 9.79 Å². The molecule has 0 saturated heterocycles. The monoisotopic (exact) mass is 502 g/mol. The van der Waals surface area contributed by atoms with Crippen LogP contribution in [0.2, 0.25) is 0 Å². The molecule has 3 aromatic carbocycles. The highest BCUT2D eigenvalue weighted by Crippen LogP contribution is 2.43. The molecule has 0 saturated carbocycles. The lowest BCUT2D eigenvalue weighted by molar-refractivity contribution is 0.373. The third kappa shape index (κ3) is 6.55. The maximum absolute atomic E-state index is 9.41. The zero-order valence-corrected chi connectivity index (χ0v) is 22.1. The Morgan fingerprint density at radius 3 is 1.62 bits per heavy atom. The van der Waals surface area contributed by atoms with Crippen LogP contribution in [0, 0.1) is 0 Å². The normalized spacial score (nSPS) is 12.4.